The molecule has 0 heterocycles. The molecule has 5 heteroatoms. The highest BCUT2D eigenvalue weighted by atomic mass is 19.1. The van der Waals surface area contributed by atoms with Gasteiger partial charge in [-0.2, -0.15) is 0 Å². The van der Waals surface area contributed by atoms with Crippen molar-refractivity contribution in [1.29, 1.82) is 0 Å². The number of likely N-dealkylation sites (N-methyl/N-ethyl adjacent to an activating group) is 1. The Balaban J connectivity index is 2.97. The van der Waals surface area contributed by atoms with E-state index in [1.165, 1.54) is 17.0 Å². The van der Waals surface area contributed by atoms with E-state index in [9.17, 15) is 9.18 Å². The Morgan fingerprint density at radius 2 is 2.00 bits per heavy atom. The Bertz CT molecular complexity index is 435. The van der Waals surface area contributed by atoms with Crippen LogP contribution in [0.2, 0.25) is 0 Å². The van der Waals surface area contributed by atoms with Gasteiger partial charge in [0.15, 0.2) is 0 Å². The molecule has 1 amide bonds. The number of anilines is 1. The first-order chi connectivity index (χ1) is 8.97. The number of nitrogens with zero attached hydrogens (tertiary/aromatic N) is 2. The monoisotopic (exact) mass is 267 g/mol. The summed E-state index contributed by atoms with van der Waals surface area (Å²) in [5.41, 5.74) is 6.99. The minimum atomic E-state index is -0.323. The third-order valence-electron chi connectivity index (χ3n) is 2.86. The second kappa shape index (κ2) is 7.09. The molecule has 0 spiro atoms. The van der Waals surface area contributed by atoms with Gasteiger partial charge in [0, 0.05) is 32.9 Å². The summed E-state index contributed by atoms with van der Waals surface area (Å²) >= 11 is 0. The maximum Gasteiger partial charge on any atom is 0.241 e. The smallest absolute Gasteiger partial charge is 0.241 e. The molecule has 0 bridgehead atoms. The predicted molar refractivity (Wildman–Crippen MR) is 75.5 cm³/mol. The van der Waals surface area contributed by atoms with Crippen LogP contribution >= 0.6 is 0 Å². The lowest BCUT2D eigenvalue weighted by molar-refractivity contribution is -0.127. The first-order valence-electron chi connectivity index (χ1n) is 6.42. The maximum atomic E-state index is 13.5. The van der Waals surface area contributed by atoms with E-state index in [1.54, 1.807) is 14.1 Å². The van der Waals surface area contributed by atoms with Gasteiger partial charge in [-0.25, -0.2) is 4.39 Å². The Kier molecular flexibility index (Phi) is 5.76. The van der Waals surface area contributed by atoms with Crippen LogP contribution in [0, 0.1) is 5.82 Å². The van der Waals surface area contributed by atoms with E-state index < -0.39 is 0 Å². The van der Waals surface area contributed by atoms with Gasteiger partial charge < -0.3 is 15.5 Å². The third kappa shape index (κ3) is 4.52. The first-order valence-corrected chi connectivity index (χ1v) is 6.42. The molecule has 1 rings (SSSR count). The number of rotatable bonds is 6. The number of benzene rings is 1. The Hall–Kier alpha value is -1.62. The van der Waals surface area contributed by atoms with E-state index in [1.807, 2.05) is 17.9 Å². The van der Waals surface area contributed by atoms with Crippen LogP contribution < -0.4 is 10.6 Å². The van der Waals surface area contributed by atoms with Gasteiger partial charge in [0.1, 0.15) is 5.82 Å². The zero-order valence-corrected chi connectivity index (χ0v) is 11.8. The lowest BCUT2D eigenvalue weighted by atomic mass is 10.1. The van der Waals surface area contributed by atoms with Crippen LogP contribution in [0.4, 0.5) is 10.1 Å². The van der Waals surface area contributed by atoms with Crippen molar-refractivity contribution in [3.8, 4) is 0 Å². The predicted octanol–water partition coefficient (Wildman–Crippen LogP) is 1.59. The first kappa shape index (κ1) is 15.4. The molecule has 4 nitrogen and oxygen atoms in total. The van der Waals surface area contributed by atoms with Crippen molar-refractivity contribution >= 4 is 11.6 Å². The second-order valence-electron chi connectivity index (χ2n) is 4.73. The number of amides is 1. The third-order valence-corrected chi connectivity index (χ3v) is 2.86. The zero-order valence-electron chi connectivity index (χ0n) is 11.8. The summed E-state index contributed by atoms with van der Waals surface area (Å²) in [6.45, 7) is 3.25. The van der Waals surface area contributed by atoms with Crippen LogP contribution in [0.25, 0.3) is 0 Å². The van der Waals surface area contributed by atoms with Crippen LogP contribution in [-0.4, -0.2) is 38.0 Å². The fraction of sp³-hybridized carbons (Fsp3) is 0.500. The summed E-state index contributed by atoms with van der Waals surface area (Å²) in [7, 11) is 3.42. The minimum absolute atomic E-state index is 0.00740. The molecule has 0 aromatic heterocycles. The molecule has 0 aliphatic rings. The topological polar surface area (TPSA) is 49.6 Å². The van der Waals surface area contributed by atoms with E-state index >= 15 is 0 Å². The fourth-order valence-corrected chi connectivity index (χ4v) is 1.81. The van der Waals surface area contributed by atoms with Crippen LogP contribution in [0.5, 0.6) is 0 Å². The van der Waals surface area contributed by atoms with E-state index in [-0.39, 0.29) is 24.8 Å². The molecule has 0 unspecified atom stereocenters. The summed E-state index contributed by atoms with van der Waals surface area (Å²) in [6.07, 6.45) is 0.884. The average Bonchev–Trinajstić information content (AvgIpc) is 2.37. The Morgan fingerprint density at radius 1 is 1.32 bits per heavy atom. The normalized spacial score (nSPS) is 10.4. The molecule has 2 N–H and O–H groups in total. The molecule has 0 saturated carbocycles. The summed E-state index contributed by atoms with van der Waals surface area (Å²) in [6, 6.07) is 4.70. The van der Waals surface area contributed by atoms with Crippen molar-refractivity contribution in [1.82, 2.24) is 4.90 Å². The van der Waals surface area contributed by atoms with Crippen molar-refractivity contribution in [3.63, 3.8) is 0 Å². The van der Waals surface area contributed by atoms with Gasteiger partial charge in [-0.3, -0.25) is 4.79 Å². The zero-order chi connectivity index (χ0) is 14.4. The van der Waals surface area contributed by atoms with Gasteiger partial charge >= 0.3 is 0 Å². The van der Waals surface area contributed by atoms with Gasteiger partial charge in [0.2, 0.25) is 5.91 Å². The van der Waals surface area contributed by atoms with Gasteiger partial charge in [0.05, 0.1) is 6.54 Å². The Labute approximate surface area is 114 Å². The molecule has 1 aromatic rings. The molecule has 0 aliphatic carbocycles. The van der Waals surface area contributed by atoms with Gasteiger partial charge in [-0.05, 0) is 30.2 Å². The molecule has 106 valence electrons. The highest BCUT2D eigenvalue weighted by molar-refractivity contribution is 5.81. The number of hydrogen-bond acceptors (Lipinski definition) is 3. The molecule has 19 heavy (non-hydrogen) atoms. The largest absolute Gasteiger partial charge is 0.362 e. The van der Waals surface area contributed by atoms with E-state index in [0.29, 0.717) is 12.2 Å². The van der Waals surface area contributed by atoms with Crippen LogP contribution in [0.15, 0.2) is 18.2 Å². The number of hydrogen-bond donors (Lipinski definition) is 1. The van der Waals surface area contributed by atoms with Crippen LogP contribution in [-0.2, 0) is 11.3 Å². The lowest BCUT2D eigenvalue weighted by Gasteiger charge is -2.25. The van der Waals surface area contributed by atoms with Crippen molar-refractivity contribution < 1.29 is 9.18 Å². The van der Waals surface area contributed by atoms with E-state index in [0.717, 1.165) is 12.0 Å². The summed E-state index contributed by atoms with van der Waals surface area (Å²) < 4.78 is 13.5. The minimum Gasteiger partial charge on any atom is -0.362 e. The van der Waals surface area contributed by atoms with Crippen LogP contribution in [0.3, 0.4) is 0 Å². The van der Waals surface area contributed by atoms with Crippen LogP contribution in [0.1, 0.15) is 18.9 Å². The molecule has 0 aliphatic heterocycles. The molecular formula is C14H22FN3O. The highest BCUT2D eigenvalue weighted by Gasteiger charge is 2.13. The number of carbonyl (C=O) groups excluding carboxylic acids is 1. The number of halogens is 1. The molecule has 0 fully saturated rings. The van der Waals surface area contributed by atoms with Gasteiger partial charge in [0.25, 0.3) is 0 Å². The maximum absolute atomic E-state index is 13.5. The van der Waals surface area contributed by atoms with E-state index in [2.05, 4.69) is 0 Å². The Morgan fingerprint density at radius 3 is 2.53 bits per heavy atom. The molecule has 1 aromatic carbocycles. The van der Waals surface area contributed by atoms with Gasteiger partial charge in [-0.1, -0.05) is 6.92 Å². The number of carbonyl (C=O) groups is 1. The van der Waals surface area contributed by atoms with Crippen molar-refractivity contribution in [3.05, 3.63) is 29.6 Å². The molecular weight excluding hydrogens is 245 g/mol. The molecule has 0 saturated heterocycles. The summed E-state index contributed by atoms with van der Waals surface area (Å²) in [5.74, 6) is -0.330. The van der Waals surface area contributed by atoms with Gasteiger partial charge in [-0.15, -0.1) is 0 Å². The van der Waals surface area contributed by atoms with Crippen molar-refractivity contribution in [2.24, 2.45) is 5.73 Å². The SMILES string of the molecule is CCCN(CC(=O)N(C)C)c1cc(F)cc(CN)c1. The quantitative estimate of drug-likeness (QED) is 0.851. The molecule has 0 radical (unpaired) electrons. The van der Waals surface area contributed by atoms with Crippen molar-refractivity contribution in [2.45, 2.75) is 19.9 Å². The summed E-state index contributed by atoms with van der Waals surface area (Å²) in [4.78, 5) is 15.2. The summed E-state index contributed by atoms with van der Waals surface area (Å²) in [5, 5.41) is 0. The lowest BCUT2D eigenvalue weighted by Crippen LogP contribution is -2.37. The van der Waals surface area contributed by atoms with E-state index in [4.69, 9.17) is 5.73 Å². The number of nitrogens with two attached hydrogens (primary N) is 1. The fourth-order valence-electron chi connectivity index (χ4n) is 1.81. The highest BCUT2D eigenvalue weighted by Crippen LogP contribution is 2.19. The molecule has 0 atom stereocenters. The second-order valence-corrected chi connectivity index (χ2v) is 4.73. The standard InChI is InChI=1S/C14H22FN3O/c1-4-5-18(10-14(19)17(2)3)13-7-11(9-16)6-12(15)8-13/h6-8H,4-5,9-10,16H2,1-3H3. The van der Waals surface area contributed by atoms with Crippen molar-refractivity contribution in [2.75, 3.05) is 32.1 Å². The average molecular weight is 267 g/mol.